The van der Waals surface area contributed by atoms with Gasteiger partial charge in [-0.15, -0.1) is 0 Å². The number of aromatic nitrogens is 1. The van der Waals surface area contributed by atoms with Crippen molar-refractivity contribution in [1.82, 2.24) is 9.88 Å². The normalized spacial score (nSPS) is 14.8. The Bertz CT molecular complexity index is 1080. The summed E-state index contributed by atoms with van der Waals surface area (Å²) in [6, 6.07) is 13.9. The van der Waals surface area contributed by atoms with E-state index in [-0.39, 0.29) is 29.1 Å². The second-order valence-corrected chi connectivity index (χ2v) is 6.79. The summed E-state index contributed by atoms with van der Waals surface area (Å²) in [5.74, 6) is -1.02. The van der Waals surface area contributed by atoms with Crippen molar-refractivity contribution in [2.45, 2.75) is 24.8 Å². The fourth-order valence-corrected chi connectivity index (χ4v) is 3.30. The van der Waals surface area contributed by atoms with E-state index in [4.69, 9.17) is 4.42 Å². The van der Waals surface area contributed by atoms with Crippen LogP contribution in [0.4, 0.5) is 5.69 Å². The Morgan fingerprint density at radius 2 is 1.96 bits per heavy atom. The lowest BCUT2D eigenvalue weighted by Crippen LogP contribution is -2.36. The number of non-ortho nitro benzene ring substituents is 1. The van der Waals surface area contributed by atoms with Crippen molar-refractivity contribution >= 4 is 22.7 Å². The van der Waals surface area contributed by atoms with Crippen molar-refractivity contribution < 1.29 is 14.1 Å². The van der Waals surface area contributed by atoms with Crippen molar-refractivity contribution in [2.24, 2.45) is 0 Å². The van der Waals surface area contributed by atoms with Crippen LogP contribution in [-0.4, -0.2) is 21.9 Å². The third-order valence-electron chi connectivity index (χ3n) is 5.03. The molecule has 1 heterocycles. The zero-order valence-electron chi connectivity index (χ0n) is 14.4. The summed E-state index contributed by atoms with van der Waals surface area (Å²) in [4.78, 5) is 34.7. The maximum atomic E-state index is 12.4. The maximum Gasteiger partial charge on any atom is 0.420 e. The fraction of sp³-hybridized carbons (Fsp3) is 0.263. The van der Waals surface area contributed by atoms with Crippen molar-refractivity contribution in [3.63, 3.8) is 0 Å². The number of carbonyl (C=O) groups is 1. The number of nitrogens with zero attached hydrogens (tertiary/aromatic N) is 2. The Labute approximate surface area is 153 Å². The van der Waals surface area contributed by atoms with Crippen LogP contribution in [0.15, 0.2) is 57.7 Å². The highest BCUT2D eigenvalue weighted by molar-refractivity contribution is 5.80. The lowest BCUT2D eigenvalue weighted by atomic mass is 9.96. The summed E-state index contributed by atoms with van der Waals surface area (Å²) < 4.78 is 6.22. The monoisotopic (exact) mass is 367 g/mol. The van der Waals surface area contributed by atoms with Crippen LogP contribution >= 0.6 is 0 Å². The first kappa shape index (κ1) is 17.0. The molecular weight excluding hydrogens is 350 g/mol. The molecule has 0 aliphatic heterocycles. The highest BCUT2D eigenvalue weighted by atomic mass is 16.6. The van der Waals surface area contributed by atoms with Crippen LogP contribution in [0.3, 0.4) is 0 Å². The Balaban J connectivity index is 1.48. The van der Waals surface area contributed by atoms with E-state index in [1.165, 1.54) is 28.3 Å². The second kappa shape index (κ2) is 6.39. The van der Waals surface area contributed by atoms with E-state index in [1.807, 2.05) is 18.2 Å². The van der Waals surface area contributed by atoms with Crippen LogP contribution in [-0.2, 0) is 16.8 Å². The third-order valence-corrected chi connectivity index (χ3v) is 5.03. The number of rotatable bonds is 6. The molecule has 0 saturated heterocycles. The van der Waals surface area contributed by atoms with Gasteiger partial charge in [0.1, 0.15) is 6.54 Å². The van der Waals surface area contributed by atoms with Crippen LogP contribution in [0, 0.1) is 10.1 Å². The fourth-order valence-electron chi connectivity index (χ4n) is 3.30. The van der Waals surface area contributed by atoms with Gasteiger partial charge in [0.25, 0.3) is 5.69 Å². The first-order valence-electron chi connectivity index (χ1n) is 8.59. The minimum Gasteiger partial charge on any atom is -0.407 e. The van der Waals surface area contributed by atoms with Crippen LogP contribution in [0.2, 0.25) is 0 Å². The second-order valence-electron chi connectivity index (χ2n) is 6.79. The van der Waals surface area contributed by atoms with E-state index in [0.29, 0.717) is 12.1 Å². The Morgan fingerprint density at radius 1 is 1.22 bits per heavy atom. The molecule has 27 heavy (non-hydrogen) atoms. The zero-order valence-corrected chi connectivity index (χ0v) is 14.4. The summed E-state index contributed by atoms with van der Waals surface area (Å²) in [7, 11) is 0. The van der Waals surface area contributed by atoms with Gasteiger partial charge in [-0.25, -0.2) is 4.79 Å². The standard InChI is InChI=1S/C19H17N3O5/c23-17(20-12-19(8-9-19)13-4-2-1-3-5-13)11-21-15-7-6-14(22(25)26)10-16(15)27-18(21)24/h1-7,10H,8-9,11-12H2,(H,20,23). The van der Waals surface area contributed by atoms with Gasteiger partial charge in [0.15, 0.2) is 5.58 Å². The first-order chi connectivity index (χ1) is 13.0. The Morgan fingerprint density at radius 3 is 2.63 bits per heavy atom. The van der Waals surface area contributed by atoms with Crippen LogP contribution in [0.1, 0.15) is 18.4 Å². The molecule has 4 rings (SSSR count). The molecule has 138 valence electrons. The van der Waals surface area contributed by atoms with Crippen molar-refractivity contribution in [2.75, 3.05) is 6.54 Å². The van der Waals surface area contributed by atoms with Gasteiger partial charge in [0.2, 0.25) is 5.91 Å². The van der Waals surface area contributed by atoms with E-state index in [9.17, 15) is 19.7 Å². The first-order valence-corrected chi connectivity index (χ1v) is 8.59. The van der Waals surface area contributed by atoms with Gasteiger partial charge < -0.3 is 9.73 Å². The predicted molar refractivity (Wildman–Crippen MR) is 97.5 cm³/mol. The molecule has 0 radical (unpaired) electrons. The number of nitrogens with one attached hydrogen (secondary N) is 1. The van der Waals surface area contributed by atoms with Crippen molar-refractivity contribution in [1.29, 1.82) is 0 Å². The van der Waals surface area contributed by atoms with Gasteiger partial charge in [-0.1, -0.05) is 30.3 Å². The molecule has 8 nitrogen and oxygen atoms in total. The van der Waals surface area contributed by atoms with E-state index >= 15 is 0 Å². The quantitative estimate of drug-likeness (QED) is 0.531. The Hall–Kier alpha value is -3.42. The van der Waals surface area contributed by atoms with Gasteiger partial charge >= 0.3 is 5.76 Å². The zero-order chi connectivity index (χ0) is 19.0. The maximum absolute atomic E-state index is 12.4. The van der Waals surface area contributed by atoms with E-state index in [2.05, 4.69) is 17.4 Å². The summed E-state index contributed by atoms with van der Waals surface area (Å²) >= 11 is 0. The molecule has 1 aliphatic rings. The van der Waals surface area contributed by atoms with E-state index < -0.39 is 10.7 Å². The molecule has 8 heteroatoms. The average Bonchev–Trinajstić information content (AvgIpc) is 3.40. The van der Waals surface area contributed by atoms with Crippen molar-refractivity contribution in [3.8, 4) is 0 Å². The number of hydrogen-bond acceptors (Lipinski definition) is 5. The molecule has 1 N–H and O–H groups in total. The lowest BCUT2D eigenvalue weighted by molar-refractivity contribution is -0.384. The lowest BCUT2D eigenvalue weighted by Gasteiger charge is -2.16. The van der Waals surface area contributed by atoms with Crippen LogP contribution < -0.4 is 11.1 Å². The molecule has 1 aliphatic carbocycles. The molecule has 1 fully saturated rings. The van der Waals surface area contributed by atoms with Gasteiger partial charge in [-0.05, 0) is 24.5 Å². The summed E-state index contributed by atoms with van der Waals surface area (Å²) in [6.07, 6.45) is 2.02. The van der Waals surface area contributed by atoms with Gasteiger partial charge in [-0.2, -0.15) is 0 Å². The molecular formula is C19H17N3O5. The number of nitro benzene ring substituents is 1. The molecule has 0 spiro atoms. The number of benzene rings is 2. The van der Waals surface area contributed by atoms with Crippen molar-refractivity contribution in [3.05, 3.63) is 74.8 Å². The number of carbonyl (C=O) groups excluding carboxylic acids is 1. The largest absolute Gasteiger partial charge is 0.420 e. The number of fused-ring (bicyclic) bond motifs is 1. The van der Waals surface area contributed by atoms with Crippen LogP contribution in [0.5, 0.6) is 0 Å². The van der Waals surface area contributed by atoms with Crippen LogP contribution in [0.25, 0.3) is 11.1 Å². The summed E-state index contributed by atoms with van der Waals surface area (Å²) in [5, 5.41) is 13.7. The minimum atomic E-state index is -0.718. The van der Waals surface area contributed by atoms with E-state index in [0.717, 1.165) is 12.8 Å². The van der Waals surface area contributed by atoms with Gasteiger partial charge in [-0.3, -0.25) is 19.5 Å². The molecule has 0 bridgehead atoms. The highest BCUT2D eigenvalue weighted by Gasteiger charge is 2.44. The smallest absolute Gasteiger partial charge is 0.407 e. The molecule has 2 aromatic carbocycles. The summed E-state index contributed by atoms with van der Waals surface area (Å²) in [6.45, 7) is 0.306. The SMILES string of the molecule is O=C(Cn1c(=O)oc2cc([N+](=O)[O-])ccc21)NCC1(c2ccccc2)CC1. The number of amides is 1. The molecule has 1 saturated carbocycles. The van der Waals surface area contributed by atoms with Gasteiger partial charge in [0, 0.05) is 18.0 Å². The van der Waals surface area contributed by atoms with Gasteiger partial charge in [0.05, 0.1) is 16.5 Å². The van der Waals surface area contributed by atoms with E-state index in [1.54, 1.807) is 0 Å². The average molecular weight is 367 g/mol. The number of hydrogen-bond donors (Lipinski definition) is 1. The Kier molecular flexibility index (Phi) is 4.02. The molecule has 3 aromatic rings. The number of oxazole rings is 1. The molecule has 0 atom stereocenters. The highest BCUT2D eigenvalue weighted by Crippen LogP contribution is 2.47. The predicted octanol–water partition coefficient (Wildman–Crippen LogP) is 2.35. The minimum absolute atomic E-state index is 0.0268. The molecule has 1 amide bonds. The molecule has 0 unspecified atom stereocenters. The topological polar surface area (TPSA) is 107 Å². The molecule has 1 aromatic heterocycles. The summed E-state index contributed by atoms with van der Waals surface area (Å²) in [5.41, 5.74) is 1.44. The third kappa shape index (κ3) is 3.21. The number of nitro groups is 1.